The van der Waals surface area contributed by atoms with Gasteiger partial charge in [0.25, 0.3) is 5.56 Å². The molecule has 0 bridgehead atoms. The lowest BCUT2D eigenvalue weighted by Gasteiger charge is -2.31. The molecule has 0 amide bonds. The largest absolute Gasteiger partial charge is 0.322 e. The van der Waals surface area contributed by atoms with Crippen LogP contribution >= 0.6 is 0 Å². The van der Waals surface area contributed by atoms with E-state index in [1.165, 1.54) is 29.5 Å². The Morgan fingerprint density at radius 1 is 1.03 bits per heavy atom. The molecule has 1 aliphatic carbocycles. The maximum Gasteiger partial charge on any atom is 0.252 e. The SMILES string of the molecule is CC[C@@H](c1nnnn1C1CCCC1)N(Cc1ccc(C)cc1)Cc1cc2cc(C)ccc2[nH]c1=O. The van der Waals surface area contributed by atoms with Gasteiger partial charge in [0.05, 0.1) is 12.1 Å². The summed E-state index contributed by atoms with van der Waals surface area (Å²) < 4.78 is 2.05. The van der Waals surface area contributed by atoms with Crippen LogP contribution in [0.2, 0.25) is 0 Å². The molecule has 7 nitrogen and oxygen atoms in total. The van der Waals surface area contributed by atoms with Crippen molar-refractivity contribution in [1.82, 2.24) is 30.1 Å². The molecular formula is C28H34N6O. The number of H-pyrrole nitrogens is 1. The van der Waals surface area contributed by atoms with Gasteiger partial charge in [0.1, 0.15) is 0 Å². The number of benzene rings is 2. The second-order valence-corrected chi connectivity index (χ2v) is 9.95. The van der Waals surface area contributed by atoms with Crippen LogP contribution in [0.3, 0.4) is 0 Å². The molecule has 1 atom stereocenters. The Labute approximate surface area is 206 Å². The Balaban J connectivity index is 1.53. The lowest BCUT2D eigenvalue weighted by molar-refractivity contribution is 0.158. The zero-order valence-corrected chi connectivity index (χ0v) is 20.9. The van der Waals surface area contributed by atoms with Crippen LogP contribution in [0.1, 0.15) is 79.2 Å². The summed E-state index contributed by atoms with van der Waals surface area (Å²) in [4.78, 5) is 18.5. The number of nitrogens with one attached hydrogen (secondary N) is 1. The lowest BCUT2D eigenvalue weighted by Crippen LogP contribution is -2.32. The first kappa shape index (κ1) is 23.4. The average molecular weight is 471 g/mol. The minimum atomic E-state index is -0.0412. The van der Waals surface area contributed by atoms with Crippen LogP contribution in [-0.4, -0.2) is 30.1 Å². The molecule has 1 aliphatic rings. The minimum Gasteiger partial charge on any atom is -0.322 e. The number of hydrogen-bond acceptors (Lipinski definition) is 5. The highest BCUT2D eigenvalue weighted by Gasteiger charge is 2.29. The normalized spacial score (nSPS) is 15.3. The highest BCUT2D eigenvalue weighted by atomic mass is 16.1. The van der Waals surface area contributed by atoms with Crippen molar-refractivity contribution in [3.8, 4) is 0 Å². The smallest absolute Gasteiger partial charge is 0.252 e. The van der Waals surface area contributed by atoms with E-state index in [9.17, 15) is 4.79 Å². The standard InChI is InChI=1S/C28H34N6O/c1-4-26(27-30-31-32-34(27)24-7-5-6-8-24)33(17-21-12-9-19(2)10-13-21)18-23-16-22-15-20(3)11-14-25(22)29-28(23)35/h9-16,24,26H,4-8,17-18H2,1-3H3,(H,29,35)/t26-/m0/s1. The van der Waals surface area contributed by atoms with Gasteiger partial charge in [0.2, 0.25) is 0 Å². The van der Waals surface area contributed by atoms with Crippen molar-refractivity contribution in [3.05, 3.63) is 87.0 Å². The molecule has 0 spiro atoms. The van der Waals surface area contributed by atoms with Crippen molar-refractivity contribution in [1.29, 1.82) is 0 Å². The molecular weight excluding hydrogens is 436 g/mol. The molecule has 0 saturated heterocycles. The number of fused-ring (bicyclic) bond motifs is 1. The van der Waals surface area contributed by atoms with E-state index in [1.54, 1.807) is 0 Å². The Hall–Kier alpha value is -3.32. The Morgan fingerprint density at radius 2 is 1.77 bits per heavy atom. The van der Waals surface area contributed by atoms with Crippen molar-refractivity contribution in [2.45, 2.75) is 78.0 Å². The first-order valence-electron chi connectivity index (χ1n) is 12.7. The molecule has 5 rings (SSSR count). The van der Waals surface area contributed by atoms with Gasteiger partial charge in [-0.25, -0.2) is 4.68 Å². The predicted octanol–water partition coefficient (Wildman–Crippen LogP) is 5.40. The Kier molecular flexibility index (Phi) is 6.77. The number of hydrogen-bond donors (Lipinski definition) is 1. The number of aromatic nitrogens is 5. The monoisotopic (exact) mass is 470 g/mol. The van der Waals surface area contributed by atoms with E-state index in [0.29, 0.717) is 19.1 Å². The first-order chi connectivity index (χ1) is 17.0. The van der Waals surface area contributed by atoms with Crippen molar-refractivity contribution >= 4 is 10.9 Å². The summed E-state index contributed by atoms with van der Waals surface area (Å²) in [5, 5.41) is 14.0. The fourth-order valence-corrected chi connectivity index (χ4v) is 5.34. The van der Waals surface area contributed by atoms with Crippen LogP contribution in [-0.2, 0) is 13.1 Å². The fraction of sp³-hybridized carbons (Fsp3) is 0.429. The van der Waals surface area contributed by atoms with Crippen molar-refractivity contribution < 1.29 is 0 Å². The molecule has 1 fully saturated rings. The van der Waals surface area contributed by atoms with Crippen molar-refractivity contribution in [2.75, 3.05) is 0 Å². The van der Waals surface area contributed by atoms with E-state index in [0.717, 1.165) is 41.6 Å². The molecule has 2 heterocycles. The van der Waals surface area contributed by atoms with E-state index in [-0.39, 0.29) is 11.6 Å². The third kappa shape index (κ3) is 5.05. The molecule has 2 aromatic carbocycles. The molecule has 2 aromatic heterocycles. The summed E-state index contributed by atoms with van der Waals surface area (Å²) in [6.07, 6.45) is 5.54. The molecule has 4 aromatic rings. The summed E-state index contributed by atoms with van der Waals surface area (Å²) in [6.45, 7) is 7.58. The summed E-state index contributed by atoms with van der Waals surface area (Å²) >= 11 is 0. The van der Waals surface area contributed by atoms with Crippen LogP contribution in [0.25, 0.3) is 10.9 Å². The van der Waals surface area contributed by atoms with Crippen LogP contribution < -0.4 is 5.56 Å². The number of nitrogens with zero attached hydrogens (tertiary/aromatic N) is 5. The van der Waals surface area contributed by atoms with Gasteiger partial charge in [-0.1, -0.05) is 61.2 Å². The third-order valence-electron chi connectivity index (χ3n) is 7.27. The van der Waals surface area contributed by atoms with Gasteiger partial charge in [-0.05, 0) is 72.7 Å². The number of pyridine rings is 1. The van der Waals surface area contributed by atoms with Gasteiger partial charge < -0.3 is 4.98 Å². The van der Waals surface area contributed by atoms with Crippen LogP contribution in [0.5, 0.6) is 0 Å². The number of rotatable bonds is 8. The van der Waals surface area contributed by atoms with E-state index in [4.69, 9.17) is 0 Å². The van der Waals surface area contributed by atoms with Crippen molar-refractivity contribution in [2.24, 2.45) is 0 Å². The molecule has 182 valence electrons. The average Bonchev–Trinajstić information content (AvgIpc) is 3.54. The minimum absolute atomic E-state index is 0.000454. The Bertz CT molecular complexity index is 1350. The highest BCUT2D eigenvalue weighted by molar-refractivity contribution is 5.79. The number of aromatic amines is 1. The van der Waals surface area contributed by atoms with Crippen LogP contribution in [0.15, 0.2) is 53.3 Å². The van der Waals surface area contributed by atoms with Gasteiger partial charge >= 0.3 is 0 Å². The van der Waals surface area contributed by atoms with Gasteiger partial charge in [0, 0.05) is 24.2 Å². The highest BCUT2D eigenvalue weighted by Crippen LogP contribution is 2.33. The predicted molar refractivity (Wildman–Crippen MR) is 138 cm³/mol. The maximum atomic E-state index is 13.1. The molecule has 0 radical (unpaired) electrons. The summed E-state index contributed by atoms with van der Waals surface area (Å²) in [5.74, 6) is 0.902. The quantitative estimate of drug-likeness (QED) is 0.373. The number of tetrazole rings is 1. The molecule has 1 N–H and O–H groups in total. The zero-order chi connectivity index (χ0) is 24.4. The number of aryl methyl sites for hydroxylation is 2. The molecule has 0 aliphatic heterocycles. The van der Waals surface area contributed by atoms with E-state index in [2.05, 4.69) is 81.2 Å². The summed E-state index contributed by atoms with van der Waals surface area (Å²) in [7, 11) is 0. The van der Waals surface area contributed by atoms with Gasteiger partial charge in [-0.15, -0.1) is 5.10 Å². The molecule has 0 unspecified atom stereocenters. The van der Waals surface area contributed by atoms with Gasteiger partial charge in [0.15, 0.2) is 5.82 Å². The third-order valence-corrected chi connectivity index (χ3v) is 7.27. The first-order valence-corrected chi connectivity index (χ1v) is 12.7. The second-order valence-electron chi connectivity index (χ2n) is 9.95. The van der Waals surface area contributed by atoms with Crippen LogP contribution in [0, 0.1) is 13.8 Å². The maximum absolute atomic E-state index is 13.1. The fourth-order valence-electron chi connectivity index (χ4n) is 5.34. The van der Waals surface area contributed by atoms with Crippen molar-refractivity contribution in [3.63, 3.8) is 0 Å². The lowest BCUT2D eigenvalue weighted by atomic mass is 10.1. The summed E-state index contributed by atoms with van der Waals surface area (Å²) in [5.41, 5.74) is 5.20. The molecule has 7 heteroatoms. The van der Waals surface area contributed by atoms with E-state index >= 15 is 0 Å². The molecule has 35 heavy (non-hydrogen) atoms. The van der Waals surface area contributed by atoms with E-state index in [1.807, 2.05) is 18.2 Å². The molecule has 1 saturated carbocycles. The second kappa shape index (κ2) is 10.1. The topological polar surface area (TPSA) is 79.7 Å². The summed E-state index contributed by atoms with van der Waals surface area (Å²) in [6, 6.07) is 17.1. The zero-order valence-electron chi connectivity index (χ0n) is 20.9. The van der Waals surface area contributed by atoms with Gasteiger partial charge in [-0.3, -0.25) is 9.69 Å². The van der Waals surface area contributed by atoms with E-state index < -0.39 is 0 Å². The van der Waals surface area contributed by atoms with Crippen LogP contribution in [0.4, 0.5) is 0 Å². The van der Waals surface area contributed by atoms with Gasteiger partial charge in [-0.2, -0.15) is 0 Å². The Morgan fingerprint density at radius 3 is 2.51 bits per heavy atom.